The van der Waals surface area contributed by atoms with E-state index in [1.165, 1.54) is 21.9 Å². The zero-order valence-electron chi connectivity index (χ0n) is 24.4. The minimum Gasteiger partial charge on any atom is -0.489 e. The summed E-state index contributed by atoms with van der Waals surface area (Å²) in [7, 11) is 0. The first-order chi connectivity index (χ1) is 21.4. The van der Waals surface area contributed by atoms with E-state index in [0.29, 0.717) is 37.9 Å². The lowest BCUT2D eigenvalue weighted by atomic mass is 10.0. The third kappa shape index (κ3) is 7.38. The molecule has 5 aromatic rings. The summed E-state index contributed by atoms with van der Waals surface area (Å²) in [5, 5.41) is 15.3. The Kier molecular flexibility index (Phi) is 9.87. The van der Waals surface area contributed by atoms with E-state index in [1.54, 1.807) is 0 Å². The molecule has 0 amide bonds. The summed E-state index contributed by atoms with van der Waals surface area (Å²) in [6.07, 6.45) is 0. The van der Waals surface area contributed by atoms with Gasteiger partial charge in [-0.2, -0.15) is 0 Å². The second-order valence-electron chi connectivity index (χ2n) is 10.5. The van der Waals surface area contributed by atoms with Gasteiger partial charge in [0.2, 0.25) is 0 Å². The van der Waals surface area contributed by atoms with Crippen LogP contribution in [0.25, 0.3) is 21.5 Å². The largest absolute Gasteiger partial charge is 0.489 e. The van der Waals surface area contributed by atoms with Gasteiger partial charge in [-0.15, -0.1) is 0 Å². The topological polar surface area (TPSA) is 73.0 Å². The maximum absolute atomic E-state index is 6.18. The first kappa shape index (κ1) is 28.8. The standard InChI is InChI=1S/C36H39N3O4/c1-3-9-31-29(7-1)27-13-15-33(31)40-21-23-42-35-11-5-6-12-36(35)43-24-22-41-34-16-14-28(30-8-2-4-10-32(30)34)26-39-20-18-37-17-19-38-25-27/h1-16,37-39H,17-26H2. The third-order valence-corrected chi connectivity index (χ3v) is 7.58. The predicted molar refractivity (Wildman–Crippen MR) is 173 cm³/mol. The minimum atomic E-state index is 0.398. The van der Waals surface area contributed by atoms with Crippen LogP contribution in [0.15, 0.2) is 97.1 Å². The van der Waals surface area contributed by atoms with Crippen LogP contribution in [0.2, 0.25) is 0 Å². The number of benzene rings is 5. The molecule has 0 spiro atoms. The van der Waals surface area contributed by atoms with Crippen LogP contribution in [0.1, 0.15) is 11.1 Å². The van der Waals surface area contributed by atoms with Gasteiger partial charge in [-0.25, -0.2) is 0 Å². The fourth-order valence-corrected chi connectivity index (χ4v) is 5.45. The molecule has 0 saturated carbocycles. The van der Waals surface area contributed by atoms with E-state index in [4.69, 9.17) is 18.9 Å². The molecule has 0 fully saturated rings. The fourth-order valence-electron chi connectivity index (χ4n) is 5.45. The van der Waals surface area contributed by atoms with Crippen molar-refractivity contribution in [2.24, 2.45) is 0 Å². The summed E-state index contributed by atoms with van der Waals surface area (Å²) < 4.78 is 24.5. The summed E-state index contributed by atoms with van der Waals surface area (Å²) >= 11 is 0. The molecule has 0 radical (unpaired) electrons. The van der Waals surface area contributed by atoms with Gasteiger partial charge in [-0.05, 0) is 46.2 Å². The van der Waals surface area contributed by atoms with Crippen LogP contribution >= 0.6 is 0 Å². The molecule has 222 valence electrons. The third-order valence-electron chi connectivity index (χ3n) is 7.58. The Morgan fingerprint density at radius 1 is 0.349 bits per heavy atom. The smallest absolute Gasteiger partial charge is 0.161 e. The lowest BCUT2D eigenvalue weighted by Gasteiger charge is -2.16. The summed E-state index contributed by atoms with van der Waals surface area (Å²) in [6, 6.07) is 32.9. The molecule has 6 rings (SSSR count). The molecule has 7 nitrogen and oxygen atoms in total. The van der Waals surface area contributed by atoms with Gasteiger partial charge in [-0.1, -0.05) is 72.8 Å². The van der Waals surface area contributed by atoms with E-state index in [-0.39, 0.29) is 0 Å². The average Bonchev–Trinajstić information content (AvgIpc) is 3.05. The molecule has 0 aromatic heterocycles. The first-order valence-corrected chi connectivity index (χ1v) is 15.1. The first-order valence-electron chi connectivity index (χ1n) is 15.1. The summed E-state index contributed by atoms with van der Waals surface area (Å²) in [5.41, 5.74) is 2.51. The Bertz CT molecular complexity index is 1520. The number of hydrogen-bond acceptors (Lipinski definition) is 7. The number of rotatable bonds is 0. The minimum absolute atomic E-state index is 0.398. The normalized spacial score (nSPS) is 15.9. The van der Waals surface area contributed by atoms with Crippen LogP contribution in [0.4, 0.5) is 0 Å². The molecule has 0 atom stereocenters. The quantitative estimate of drug-likeness (QED) is 0.218. The molecule has 0 unspecified atom stereocenters. The Morgan fingerprint density at radius 3 is 1.19 bits per heavy atom. The number of para-hydroxylation sites is 2. The number of ether oxygens (including phenoxy) is 4. The van der Waals surface area contributed by atoms with E-state index >= 15 is 0 Å². The molecular weight excluding hydrogens is 538 g/mol. The van der Waals surface area contributed by atoms with E-state index < -0.39 is 0 Å². The van der Waals surface area contributed by atoms with Gasteiger partial charge < -0.3 is 34.9 Å². The van der Waals surface area contributed by atoms with Crippen LogP contribution in [0, 0.1) is 0 Å². The van der Waals surface area contributed by atoms with E-state index in [1.807, 2.05) is 24.3 Å². The Hall–Kier alpha value is -4.30. The van der Waals surface area contributed by atoms with E-state index in [9.17, 15) is 0 Å². The van der Waals surface area contributed by atoms with Gasteiger partial charge in [0, 0.05) is 50.0 Å². The molecule has 1 aliphatic rings. The molecule has 5 aromatic carbocycles. The number of nitrogens with one attached hydrogen (secondary N) is 3. The highest BCUT2D eigenvalue weighted by molar-refractivity contribution is 5.91. The van der Waals surface area contributed by atoms with E-state index in [2.05, 4.69) is 88.7 Å². The molecule has 43 heavy (non-hydrogen) atoms. The van der Waals surface area contributed by atoms with E-state index in [0.717, 1.165) is 61.5 Å². The molecule has 7 heteroatoms. The predicted octanol–water partition coefficient (Wildman–Crippen LogP) is 5.69. The van der Waals surface area contributed by atoms with Crippen molar-refractivity contribution in [2.45, 2.75) is 13.1 Å². The van der Waals surface area contributed by atoms with Crippen molar-refractivity contribution >= 4 is 21.5 Å². The van der Waals surface area contributed by atoms with Crippen LogP contribution in [0.3, 0.4) is 0 Å². The molecule has 1 aliphatic heterocycles. The SMILES string of the molecule is c1ccc2c(c1)OCCOc1ccc(c3ccccc13)CNCCNCCNCc1ccc(c3ccccc13)OCCO2. The Labute approximate surface area is 253 Å². The van der Waals surface area contributed by atoms with Crippen molar-refractivity contribution in [3.05, 3.63) is 108 Å². The van der Waals surface area contributed by atoms with Crippen molar-refractivity contribution in [2.75, 3.05) is 52.6 Å². The monoisotopic (exact) mass is 577 g/mol. The Balaban J connectivity index is 1.16. The van der Waals surface area contributed by atoms with Gasteiger partial charge in [0.25, 0.3) is 0 Å². The van der Waals surface area contributed by atoms with Crippen molar-refractivity contribution < 1.29 is 18.9 Å². The fraction of sp³-hybridized carbons (Fsp3) is 0.278. The zero-order chi connectivity index (χ0) is 29.1. The lowest BCUT2D eigenvalue weighted by Crippen LogP contribution is -2.32. The second-order valence-corrected chi connectivity index (χ2v) is 10.5. The maximum Gasteiger partial charge on any atom is 0.161 e. The van der Waals surface area contributed by atoms with Gasteiger partial charge in [-0.3, -0.25) is 0 Å². The second kappa shape index (κ2) is 14.7. The molecule has 1 heterocycles. The zero-order valence-corrected chi connectivity index (χ0v) is 24.4. The highest BCUT2D eigenvalue weighted by Crippen LogP contribution is 2.31. The van der Waals surface area contributed by atoms with Crippen molar-refractivity contribution in [3.8, 4) is 23.0 Å². The summed E-state index contributed by atoms with van der Waals surface area (Å²) in [5.74, 6) is 3.09. The van der Waals surface area contributed by atoms with Crippen molar-refractivity contribution in [1.82, 2.24) is 16.0 Å². The van der Waals surface area contributed by atoms with Crippen LogP contribution in [-0.2, 0) is 13.1 Å². The van der Waals surface area contributed by atoms with Gasteiger partial charge >= 0.3 is 0 Å². The average molecular weight is 578 g/mol. The van der Waals surface area contributed by atoms with Crippen LogP contribution in [-0.4, -0.2) is 52.6 Å². The van der Waals surface area contributed by atoms with Gasteiger partial charge in [0.1, 0.15) is 37.9 Å². The highest BCUT2D eigenvalue weighted by atomic mass is 16.6. The van der Waals surface area contributed by atoms with Crippen molar-refractivity contribution in [3.63, 3.8) is 0 Å². The molecule has 3 N–H and O–H groups in total. The molecular formula is C36H39N3O4. The maximum atomic E-state index is 6.18. The van der Waals surface area contributed by atoms with Crippen molar-refractivity contribution in [1.29, 1.82) is 0 Å². The lowest BCUT2D eigenvalue weighted by molar-refractivity contribution is 0.193. The van der Waals surface area contributed by atoms with Gasteiger partial charge in [0.05, 0.1) is 0 Å². The summed E-state index contributed by atoms with van der Waals surface area (Å²) in [4.78, 5) is 0. The highest BCUT2D eigenvalue weighted by Gasteiger charge is 2.10. The molecule has 0 aliphatic carbocycles. The molecule has 0 saturated heterocycles. The number of fused-ring (bicyclic) bond motifs is 13. The number of hydrogen-bond donors (Lipinski definition) is 3. The van der Waals surface area contributed by atoms with Crippen LogP contribution in [0.5, 0.6) is 23.0 Å². The summed E-state index contributed by atoms with van der Waals surface area (Å²) in [6.45, 7) is 6.82. The van der Waals surface area contributed by atoms with Gasteiger partial charge in [0.15, 0.2) is 11.5 Å². The molecule has 4 bridgehead atoms. The Morgan fingerprint density at radius 2 is 0.721 bits per heavy atom. The van der Waals surface area contributed by atoms with Crippen LogP contribution < -0.4 is 34.9 Å².